The second-order valence-electron chi connectivity index (χ2n) is 7.83. The van der Waals surface area contributed by atoms with Gasteiger partial charge < -0.3 is 18.8 Å². The third kappa shape index (κ3) is 3.13. The summed E-state index contributed by atoms with van der Waals surface area (Å²) in [6.07, 6.45) is 1.28. The Balaban J connectivity index is 1.54. The van der Waals surface area contributed by atoms with Crippen LogP contribution in [0.5, 0.6) is 0 Å². The van der Waals surface area contributed by atoms with Crippen LogP contribution in [-0.4, -0.2) is 42.9 Å². The van der Waals surface area contributed by atoms with Gasteiger partial charge in [-0.25, -0.2) is 0 Å². The largest absolute Gasteiger partial charge is 0.455 e. The van der Waals surface area contributed by atoms with Crippen molar-refractivity contribution in [2.24, 2.45) is 0 Å². The number of hydrogen-bond acceptors (Lipinski definition) is 5. The Hall–Kier alpha value is -2.96. The first kappa shape index (κ1) is 19.0. The van der Waals surface area contributed by atoms with Crippen LogP contribution in [0.25, 0.3) is 22.3 Å². The summed E-state index contributed by atoms with van der Waals surface area (Å²) in [5.74, 6) is -0.183. The number of benzene rings is 2. The third-order valence-corrected chi connectivity index (χ3v) is 6.04. The van der Waals surface area contributed by atoms with Crippen molar-refractivity contribution in [3.63, 3.8) is 0 Å². The summed E-state index contributed by atoms with van der Waals surface area (Å²) < 4.78 is 17.7. The van der Waals surface area contributed by atoms with E-state index in [9.17, 15) is 9.59 Å². The lowest BCUT2D eigenvalue weighted by Gasteiger charge is -2.37. The third-order valence-electron chi connectivity index (χ3n) is 6.04. The summed E-state index contributed by atoms with van der Waals surface area (Å²) in [5.41, 5.74) is 1.98. The zero-order valence-corrected chi connectivity index (χ0v) is 16.8. The van der Waals surface area contributed by atoms with Gasteiger partial charge >= 0.3 is 0 Å². The molecular weight excluding hydrogens is 382 g/mol. The number of rotatable bonds is 2. The van der Waals surface area contributed by atoms with Crippen LogP contribution in [0.3, 0.4) is 0 Å². The molecule has 0 atom stereocenters. The topological polar surface area (TPSA) is 69.0 Å². The minimum Gasteiger partial charge on any atom is -0.455 e. The van der Waals surface area contributed by atoms with Gasteiger partial charge in [0.25, 0.3) is 5.91 Å². The highest BCUT2D eigenvalue weighted by molar-refractivity contribution is 6.05. The van der Waals surface area contributed by atoms with Crippen molar-refractivity contribution in [3.05, 3.63) is 69.9 Å². The van der Waals surface area contributed by atoms with Crippen molar-refractivity contribution < 1.29 is 18.7 Å². The fraction of sp³-hybridized carbons (Fsp3) is 0.333. The smallest absolute Gasteiger partial charge is 0.257 e. The molecular formula is C24H23NO5. The molecule has 0 unspecified atom stereocenters. The zero-order valence-electron chi connectivity index (χ0n) is 16.8. The maximum absolute atomic E-state index is 13.3. The number of piperidine rings is 1. The summed E-state index contributed by atoms with van der Waals surface area (Å²) in [4.78, 5) is 28.2. The van der Waals surface area contributed by atoms with Crippen LogP contribution in [0.1, 0.15) is 28.8 Å². The Labute approximate surface area is 174 Å². The summed E-state index contributed by atoms with van der Waals surface area (Å²) in [5, 5.41) is 0.425. The summed E-state index contributed by atoms with van der Waals surface area (Å²) in [6.45, 7) is 4.04. The number of carbonyl (C=O) groups is 1. The molecule has 3 heterocycles. The van der Waals surface area contributed by atoms with Gasteiger partial charge in [0.15, 0.2) is 16.8 Å². The monoisotopic (exact) mass is 405 g/mol. The molecule has 3 aromatic rings. The molecule has 0 N–H and O–H groups in total. The summed E-state index contributed by atoms with van der Waals surface area (Å²) in [7, 11) is 0. The number of ether oxygens (including phenoxy) is 2. The molecule has 154 valence electrons. The van der Waals surface area contributed by atoms with Crippen LogP contribution in [0.4, 0.5) is 0 Å². The molecule has 30 heavy (non-hydrogen) atoms. The van der Waals surface area contributed by atoms with Gasteiger partial charge in [0.2, 0.25) is 0 Å². The lowest BCUT2D eigenvalue weighted by molar-refractivity contribution is -0.181. The second-order valence-corrected chi connectivity index (χ2v) is 7.83. The fourth-order valence-corrected chi connectivity index (χ4v) is 4.35. The Bertz CT molecular complexity index is 1150. The number of fused-ring (bicyclic) bond motifs is 1. The van der Waals surface area contributed by atoms with Crippen molar-refractivity contribution in [3.8, 4) is 11.3 Å². The summed E-state index contributed by atoms with van der Waals surface area (Å²) >= 11 is 0. The average molecular weight is 405 g/mol. The predicted octanol–water partition coefficient (Wildman–Crippen LogP) is 3.75. The second kappa shape index (κ2) is 7.38. The first-order valence-corrected chi connectivity index (χ1v) is 10.3. The Morgan fingerprint density at radius 1 is 0.967 bits per heavy atom. The molecule has 0 radical (unpaired) electrons. The molecule has 2 aromatic carbocycles. The number of hydrogen-bond donors (Lipinski definition) is 0. The maximum Gasteiger partial charge on any atom is 0.257 e. The number of nitrogens with zero attached hydrogens (tertiary/aromatic N) is 1. The Morgan fingerprint density at radius 2 is 1.67 bits per heavy atom. The molecule has 6 heteroatoms. The van der Waals surface area contributed by atoms with Gasteiger partial charge in [0.05, 0.1) is 24.2 Å². The van der Waals surface area contributed by atoms with Crippen molar-refractivity contribution in [1.29, 1.82) is 0 Å². The highest BCUT2D eigenvalue weighted by Crippen LogP contribution is 2.33. The average Bonchev–Trinajstić information content (AvgIpc) is 3.24. The predicted molar refractivity (Wildman–Crippen MR) is 112 cm³/mol. The molecule has 0 bridgehead atoms. The molecule has 6 nitrogen and oxygen atoms in total. The first-order valence-electron chi connectivity index (χ1n) is 10.3. The molecule has 0 saturated carbocycles. The molecule has 1 amide bonds. The van der Waals surface area contributed by atoms with Crippen LogP contribution < -0.4 is 5.43 Å². The lowest BCUT2D eigenvalue weighted by atomic mass is 10.0. The van der Waals surface area contributed by atoms with Crippen molar-refractivity contribution in [1.82, 2.24) is 4.90 Å². The van der Waals surface area contributed by atoms with Gasteiger partial charge in [-0.3, -0.25) is 9.59 Å². The van der Waals surface area contributed by atoms with E-state index in [0.29, 0.717) is 67.0 Å². The zero-order chi connectivity index (χ0) is 20.7. The number of amides is 1. The highest BCUT2D eigenvalue weighted by Gasteiger charge is 2.41. The molecule has 0 aliphatic carbocycles. The van der Waals surface area contributed by atoms with E-state index in [1.165, 1.54) is 0 Å². The van der Waals surface area contributed by atoms with Crippen LogP contribution in [0, 0.1) is 6.92 Å². The van der Waals surface area contributed by atoms with Gasteiger partial charge in [0, 0.05) is 37.1 Å². The van der Waals surface area contributed by atoms with Gasteiger partial charge in [-0.1, -0.05) is 36.4 Å². The molecule has 2 aliphatic rings. The van der Waals surface area contributed by atoms with Crippen molar-refractivity contribution in [2.75, 3.05) is 26.3 Å². The molecule has 2 aliphatic heterocycles. The number of para-hydroxylation sites is 1. The van der Waals surface area contributed by atoms with Crippen LogP contribution in [-0.2, 0) is 9.47 Å². The van der Waals surface area contributed by atoms with Crippen LogP contribution in [0.2, 0.25) is 0 Å². The molecule has 5 rings (SSSR count). The maximum atomic E-state index is 13.3. The Kier molecular flexibility index (Phi) is 4.68. The minimum absolute atomic E-state index is 0.116. The van der Waals surface area contributed by atoms with E-state index in [0.717, 1.165) is 5.56 Å². The van der Waals surface area contributed by atoms with Crippen molar-refractivity contribution in [2.45, 2.75) is 25.6 Å². The molecule has 1 spiro atoms. The molecule has 2 saturated heterocycles. The van der Waals surface area contributed by atoms with Crippen LogP contribution >= 0.6 is 0 Å². The van der Waals surface area contributed by atoms with E-state index >= 15 is 0 Å². The molecule has 2 fully saturated rings. The van der Waals surface area contributed by atoms with Gasteiger partial charge in [-0.2, -0.15) is 0 Å². The summed E-state index contributed by atoms with van der Waals surface area (Å²) in [6, 6.07) is 14.7. The van der Waals surface area contributed by atoms with E-state index in [-0.39, 0.29) is 11.3 Å². The van der Waals surface area contributed by atoms with E-state index in [2.05, 4.69) is 0 Å². The van der Waals surface area contributed by atoms with Crippen LogP contribution in [0.15, 0.2) is 57.7 Å². The van der Waals surface area contributed by atoms with E-state index in [1.807, 2.05) is 30.3 Å². The fourth-order valence-electron chi connectivity index (χ4n) is 4.35. The number of likely N-dealkylation sites (tertiary alicyclic amines) is 1. The SMILES string of the molecule is Cc1c(-c2ccccc2)oc2c(C(=O)N3CCC4(CC3)OCCO4)cccc2c1=O. The van der Waals surface area contributed by atoms with Gasteiger partial charge in [0.1, 0.15) is 5.76 Å². The molecule has 1 aromatic heterocycles. The first-order chi connectivity index (χ1) is 14.6. The quantitative estimate of drug-likeness (QED) is 0.650. The number of carbonyl (C=O) groups excluding carboxylic acids is 1. The Morgan fingerprint density at radius 3 is 2.37 bits per heavy atom. The minimum atomic E-state index is -0.542. The standard InChI is InChI=1S/C24H23NO5/c1-16-20(26)18-8-5-9-19(22(18)30-21(16)17-6-3-2-4-7-17)23(27)25-12-10-24(11-13-25)28-14-15-29-24/h2-9H,10-15H2,1H3. The van der Waals surface area contributed by atoms with Gasteiger partial charge in [-0.05, 0) is 19.1 Å². The van der Waals surface area contributed by atoms with E-state index in [1.54, 1.807) is 30.0 Å². The lowest BCUT2D eigenvalue weighted by Crippen LogP contribution is -2.47. The van der Waals surface area contributed by atoms with Crippen molar-refractivity contribution >= 4 is 16.9 Å². The highest BCUT2D eigenvalue weighted by atomic mass is 16.7. The van der Waals surface area contributed by atoms with E-state index < -0.39 is 5.79 Å². The normalized spacial score (nSPS) is 18.2. The van der Waals surface area contributed by atoms with E-state index in [4.69, 9.17) is 13.9 Å². The van der Waals surface area contributed by atoms with Gasteiger partial charge in [-0.15, -0.1) is 0 Å².